The van der Waals surface area contributed by atoms with Gasteiger partial charge < -0.3 is 52.5 Å². The second-order valence-electron chi connectivity index (χ2n) is 14.8. The Hall–Kier alpha value is -4.34. The van der Waals surface area contributed by atoms with Gasteiger partial charge >= 0.3 is 0 Å². The molecule has 12 atom stereocenters. The topological polar surface area (TPSA) is 113 Å². The lowest BCUT2D eigenvalue weighted by Crippen LogP contribution is -2.67. The van der Waals surface area contributed by atoms with Crippen LogP contribution in [0.25, 0.3) is 0 Å². The molecule has 0 unspecified atom stereocenters. The number of ether oxygens (including phenoxy) is 10. The third-order valence-electron chi connectivity index (χ3n) is 10.9. The summed E-state index contributed by atoms with van der Waals surface area (Å²) in [5.41, 5.74) is 4.58. The van der Waals surface area contributed by atoms with E-state index in [0.29, 0.717) is 0 Å². The van der Waals surface area contributed by atoms with Crippen LogP contribution in [-0.2, 0) is 67.2 Å². The lowest BCUT2D eigenvalue weighted by atomic mass is 9.95. The molecule has 4 fully saturated rings. The highest BCUT2D eigenvalue weighted by Crippen LogP contribution is 2.41. The zero-order chi connectivity index (χ0) is 39.1. The van der Waals surface area contributed by atoms with Crippen LogP contribution in [-0.4, -0.2) is 79.7 Å². The molecule has 4 saturated heterocycles. The Morgan fingerprint density at radius 3 is 1.31 bits per heavy atom. The summed E-state index contributed by atoms with van der Waals surface area (Å²) >= 11 is 0. The molecule has 11 heteroatoms. The first kappa shape index (κ1) is 39.1. The average Bonchev–Trinajstić information content (AvgIpc) is 3.29. The molecule has 5 aromatic rings. The molecule has 0 saturated carbocycles. The van der Waals surface area contributed by atoms with Gasteiger partial charge in [0.1, 0.15) is 48.8 Å². The van der Waals surface area contributed by atoms with Crippen molar-refractivity contribution in [2.45, 2.75) is 93.8 Å². The van der Waals surface area contributed by atoms with Crippen molar-refractivity contribution in [3.63, 3.8) is 0 Å². The summed E-state index contributed by atoms with van der Waals surface area (Å²) in [6.45, 7) is 1.12. The Morgan fingerprint density at radius 1 is 0.431 bits per heavy atom. The van der Waals surface area contributed by atoms with E-state index >= 15 is 0 Å². The lowest BCUT2D eigenvalue weighted by Gasteiger charge is -2.52. The predicted molar refractivity (Wildman–Crippen MR) is 209 cm³/mol. The second-order valence-corrected chi connectivity index (χ2v) is 14.8. The highest BCUT2D eigenvalue weighted by Gasteiger charge is 2.56. The number of fused-ring (bicyclic) bond motifs is 2. The number of benzene rings is 5. The maximum absolute atomic E-state index is 12.3. The fourth-order valence-electron chi connectivity index (χ4n) is 7.88. The Kier molecular flexibility index (Phi) is 12.6. The first-order valence-electron chi connectivity index (χ1n) is 19.9. The van der Waals surface area contributed by atoms with Crippen LogP contribution in [0.5, 0.6) is 0 Å². The summed E-state index contributed by atoms with van der Waals surface area (Å²) in [4.78, 5) is 0. The molecule has 0 bridgehead atoms. The van der Waals surface area contributed by atoms with Crippen molar-refractivity contribution in [2.24, 2.45) is 0 Å². The van der Waals surface area contributed by atoms with E-state index in [1.54, 1.807) is 0 Å². The van der Waals surface area contributed by atoms with Crippen LogP contribution < -0.4 is 0 Å². The summed E-state index contributed by atoms with van der Waals surface area (Å²) in [7, 11) is 0. The van der Waals surface area contributed by atoms with Crippen LogP contribution in [0.4, 0.5) is 0 Å². The molecular weight excluding hydrogens is 741 g/mol. The minimum atomic E-state index is -1.30. The van der Waals surface area contributed by atoms with E-state index in [-0.39, 0.29) is 33.0 Å². The molecule has 0 aliphatic carbocycles. The van der Waals surface area contributed by atoms with Crippen LogP contribution >= 0.6 is 0 Å². The number of aliphatic hydroxyl groups is 1. The molecule has 0 spiro atoms. The van der Waals surface area contributed by atoms with Gasteiger partial charge in [-0.1, -0.05) is 152 Å². The van der Waals surface area contributed by atoms with Crippen molar-refractivity contribution >= 4 is 0 Å². The van der Waals surface area contributed by atoms with Gasteiger partial charge in [0.15, 0.2) is 25.2 Å². The fraction of sp³-hybridized carbons (Fsp3) is 0.362. The molecule has 0 radical (unpaired) electrons. The molecule has 0 aromatic heterocycles. The van der Waals surface area contributed by atoms with Gasteiger partial charge in [-0.15, -0.1) is 0 Å². The van der Waals surface area contributed by atoms with E-state index in [2.05, 4.69) is 0 Å². The summed E-state index contributed by atoms with van der Waals surface area (Å²) < 4.78 is 65.8. The monoisotopic (exact) mass is 788 g/mol. The zero-order valence-electron chi connectivity index (χ0n) is 31.9. The summed E-state index contributed by atoms with van der Waals surface area (Å²) in [6, 6.07) is 49.0. The summed E-state index contributed by atoms with van der Waals surface area (Å²) in [5, 5.41) is 12.3. The van der Waals surface area contributed by atoms with Crippen LogP contribution in [0.1, 0.15) is 40.4 Å². The van der Waals surface area contributed by atoms with Gasteiger partial charge in [-0.05, 0) is 16.7 Å². The van der Waals surface area contributed by atoms with Gasteiger partial charge in [0.05, 0.1) is 33.0 Å². The maximum atomic E-state index is 12.3. The second kappa shape index (κ2) is 18.7. The number of rotatable bonds is 13. The molecule has 11 nitrogen and oxygen atoms in total. The van der Waals surface area contributed by atoms with Gasteiger partial charge in [-0.3, -0.25) is 0 Å². The van der Waals surface area contributed by atoms with Crippen molar-refractivity contribution in [1.82, 2.24) is 0 Å². The van der Waals surface area contributed by atoms with Crippen molar-refractivity contribution in [2.75, 3.05) is 13.2 Å². The lowest BCUT2D eigenvalue weighted by molar-refractivity contribution is -0.411. The standard InChI is InChI=1S/C47H48O11/c48-38-41(49-26-31-16-6-1-7-17-31)39-36(29-52-44(56-39)34-22-12-4-13-23-34)54-46(38)58-43-42(50-27-32-18-8-2-9-19-32)40-37(30-53-45(57-40)35-24-14-5-15-25-35)55-47(43)51-28-33-20-10-3-11-21-33/h1-25,36-48H,26-30H2/t36-,37-,38+,39-,40-,41-,42+,43+,44-,45-,46+,47+/m1/s1. The van der Waals surface area contributed by atoms with Crippen molar-refractivity contribution in [3.8, 4) is 0 Å². The van der Waals surface area contributed by atoms with E-state index in [9.17, 15) is 5.11 Å². The Morgan fingerprint density at radius 2 is 0.828 bits per heavy atom. The SMILES string of the molecule is O[C@@H]1[C@H](O[C@@H]2[C@@H](OCc3ccccc3)O[C@@H]3CO[C@@H](c4ccccc4)O[C@H]3[C@@H]2OCc2ccccc2)O[C@@H]2CO[C@@H](c3ccccc3)O[C@H]2[C@@H]1OCc1ccccc1. The molecule has 4 heterocycles. The highest BCUT2D eigenvalue weighted by molar-refractivity contribution is 5.19. The summed E-state index contributed by atoms with van der Waals surface area (Å²) in [5.74, 6) is 0. The predicted octanol–water partition coefficient (Wildman–Crippen LogP) is 6.80. The van der Waals surface area contributed by atoms with Gasteiger partial charge in [-0.2, -0.15) is 0 Å². The number of hydrogen-bond acceptors (Lipinski definition) is 11. The van der Waals surface area contributed by atoms with Gasteiger partial charge in [0, 0.05) is 11.1 Å². The fourth-order valence-corrected chi connectivity index (χ4v) is 7.88. The smallest absolute Gasteiger partial charge is 0.187 e. The van der Waals surface area contributed by atoms with Crippen LogP contribution in [0, 0.1) is 0 Å². The molecule has 58 heavy (non-hydrogen) atoms. The Bertz CT molecular complexity index is 1980. The van der Waals surface area contributed by atoms with Gasteiger partial charge in [0.25, 0.3) is 0 Å². The van der Waals surface area contributed by atoms with Gasteiger partial charge in [0.2, 0.25) is 0 Å². The van der Waals surface area contributed by atoms with Gasteiger partial charge in [-0.25, -0.2) is 0 Å². The first-order valence-corrected chi connectivity index (χ1v) is 19.9. The third-order valence-corrected chi connectivity index (χ3v) is 10.9. The van der Waals surface area contributed by atoms with Crippen LogP contribution in [0.2, 0.25) is 0 Å². The highest BCUT2D eigenvalue weighted by atomic mass is 16.8. The quantitative estimate of drug-likeness (QED) is 0.136. The molecule has 4 aliphatic heterocycles. The molecule has 1 N–H and O–H groups in total. The first-order chi connectivity index (χ1) is 28.7. The molecule has 5 aromatic carbocycles. The van der Waals surface area contributed by atoms with Crippen molar-refractivity contribution < 1.29 is 52.5 Å². The average molecular weight is 789 g/mol. The normalized spacial score (nSPS) is 32.2. The Balaban J connectivity index is 1.03. The van der Waals surface area contributed by atoms with Crippen LogP contribution in [0.3, 0.4) is 0 Å². The van der Waals surface area contributed by atoms with E-state index in [4.69, 9.17) is 47.4 Å². The van der Waals surface area contributed by atoms with E-state index in [1.165, 1.54) is 0 Å². The zero-order valence-corrected chi connectivity index (χ0v) is 31.9. The Labute approximate surface area is 338 Å². The number of aliphatic hydroxyl groups excluding tert-OH is 1. The summed E-state index contributed by atoms with van der Waals surface area (Å²) in [6.07, 6.45) is -9.90. The minimum Gasteiger partial charge on any atom is -0.385 e. The number of hydrogen-bond donors (Lipinski definition) is 1. The van der Waals surface area contributed by atoms with E-state index in [1.807, 2.05) is 152 Å². The molecular formula is C47H48O11. The largest absolute Gasteiger partial charge is 0.385 e. The van der Waals surface area contributed by atoms with Crippen molar-refractivity contribution in [1.29, 1.82) is 0 Å². The molecule has 4 aliphatic rings. The van der Waals surface area contributed by atoms with Crippen molar-refractivity contribution in [3.05, 3.63) is 179 Å². The maximum Gasteiger partial charge on any atom is 0.187 e. The third kappa shape index (κ3) is 9.11. The van der Waals surface area contributed by atoms with E-state index < -0.39 is 74.0 Å². The molecule has 0 amide bonds. The van der Waals surface area contributed by atoms with Crippen LogP contribution in [0.15, 0.2) is 152 Å². The molecule has 9 rings (SSSR count). The minimum absolute atomic E-state index is 0.176. The molecule has 302 valence electrons. The van der Waals surface area contributed by atoms with E-state index in [0.717, 1.165) is 27.8 Å².